The number of benzene rings is 2. The first-order chi connectivity index (χ1) is 8.13. The molecule has 0 unspecified atom stereocenters. The maximum atomic E-state index is 14.0. The molecule has 0 aliphatic heterocycles. The molecule has 4 heteroatoms. The van der Waals surface area contributed by atoms with Crippen LogP contribution in [0, 0.1) is 5.82 Å². The van der Waals surface area contributed by atoms with Crippen LogP contribution < -0.4 is 5.73 Å². The normalized spacial score (nSPS) is 10.6. The standard InChI is InChI=1S/C13H10BrClFN/c14-11-5-4-10(13(16)12(11)15)9-3-1-2-8(6-9)7-17/h1-6H,7,17H2. The second kappa shape index (κ2) is 5.17. The zero-order valence-corrected chi connectivity index (χ0v) is 11.2. The second-order valence-electron chi connectivity index (χ2n) is 3.63. The van der Waals surface area contributed by atoms with Gasteiger partial charge in [0.15, 0.2) is 5.82 Å². The molecule has 0 spiro atoms. The summed E-state index contributed by atoms with van der Waals surface area (Å²) in [6.07, 6.45) is 0. The second-order valence-corrected chi connectivity index (χ2v) is 4.86. The number of nitrogens with two attached hydrogens (primary N) is 1. The van der Waals surface area contributed by atoms with E-state index in [2.05, 4.69) is 15.9 Å². The summed E-state index contributed by atoms with van der Waals surface area (Å²) < 4.78 is 14.5. The third-order valence-corrected chi connectivity index (χ3v) is 3.77. The van der Waals surface area contributed by atoms with Crippen LogP contribution in [-0.4, -0.2) is 0 Å². The van der Waals surface area contributed by atoms with Gasteiger partial charge in [-0.1, -0.05) is 35.9 Å². The Morgan fingerprint density at radius 3 is 2.71 bits per heavy atom. The Labute approximate surface area is 113 Å². The maximum absolute atomic E-state index is 14.0. The number of hydrogen-bond acceptors (Lipinski definition) is 1. The molecule has 2 rings (SSSR count). The fraction of sp³-hybridized carbons (Fsp3) is 0.0769. The Bertz CT molecular complexity index is 557. The summed E-state index contributed by atoms with van der Waals surface area (Å²) in [6, 6.07) is 10.9. The van der Waals surface area contributed by atoms with Crippen molar-refractivity contribution in [2.24, 2.45) is 5.73 Å². The Morgan fingerprint density at radius 2 is 2.00 bits per heavy atom. The van der Waals surface area contributed by atoms with Crippen LogP contribution in [0.15, 0.2) is 40.9 Å². The summed E-state index contributed by atoms with van der Waals surface area (Å²) in [6.45, 7) is 0.430. The highest BCUT2D eigenvalue weighted by Crippen LogP contribution is 2.33. The van der Waals surface area contributed by atoms with Gasteiger partial charge in [-0.15, -0.1) is 0 Å². The van der Waals surface area contributed by atoms with E-state index in [0.29, 0.717) is 16.6 Å². The van der Waals surface area contributed by atoms with E-state index in [4.69, 9.17) is 17.3 Å². The predicted molar refractivity (Wildman–Crippen MR) is 72.4 cm³/mol. The minimum Gasteiger partial charge on any atom is -0.326 e. The molecule has 0 heterocycles. The summed E-state index contributed by atoms with van der Waals surface area (Å²) in [5.41, 5.74) is 7.78. The lowest BCUT2D eigenvalue weighted by molar-refractivity contribution is 0.631. The van der Waals surface area contributed by atoms with E-state index in [1.807, 2.05) is 24.3 Å². The molecule has 0 bridgehead atoms. The van der Waals surface area contributed by atoms with Crippen molar-refractivity contribution in [3.05, 3.63) is 57.3 Å². The van der Waals surface area contributed by atoms with Gasteiger partial charge in [0.1, 0.15) is 0 Å². The molecular formula is C13H10BrClFN. The third kappa shape index (κ3) is 2.51. The minimum absolute atomic E-state index is 0.0978. The smallest absolute Gasteiger partial charge is 0.150 e. The Balaban J connectivity index is 2.56. The summed E-state index contributed by atoms with van der Waals surface area (Å²) in [5, 5.41) is 0.0978. The van der Waals surface area contributed by atoms with Crippen LogP contribution in [0.3, 0.4) is 0 Å². The molecule has 0 aromatic heterocycles. The molecule has 0 aliphatic rings. The van der Waals surface area contributed by atoms with E-state index in [-0.39, 0.29) is 5.02 Å². The van der Waals surface area contributed by atoms with E-state index in [9.17, 15) is 4.39 Å². The number of hydrogen-bond donors (Lipinski definition) is 1. The van der Waals surface area contributed by atoms with E-state index in [1.165, 1.54) is 0 Å². The quantitative estimate of drug-likeness (QED) is 0.819. The van der Waals surface area contributed by atoms with Crippen LogP contribution in [-0.2, 0) is 6.54 Å². The highest BCUT2D eigenvalue weighted by Gasteiger charge is 2.11. The highest BCUT2D eigenvalue weighted by molar-refractivity contribution is 9.10. The number of rotatable bonds is 2. The minimum atomic E-state index is -0.421. The molecule has 0 amide bonds. The van der Waals surface area contributed by atoms with Gasteiger partial charge in [0.05, 0.1) is 5.02 Å². The van der Waals surface area contributed by atoms with Gasteiger partial charge in [-0.2, -0.15) is 0 Å². The largest absolute Gasteiger partial charge is 0.326 e. The van der Waals surface area contributed by atoms with Gasteiger partial charge >= 0.3 is 0 Å². The van der Waals surface area contributed by atoms with Crippen LogP contribution in [0.25, 0.3) is 11.1 Å². The van der Waals surface area contributed by atoms with E-state index in [1.54, 1.807) is 12.1 Å². The van der Waals surface area contributed by atoms with Crippen molar-refractivity contribution in [1.29, 1.82) is 0 Å². The predicted octanol–water partition coefficient (Wildman–Crippen LogP) is 4.37. The van der Waals surface area contributed by atoms with Gasteiger partial charge in [-0.05, 0) is 39.2 Å². The van der Waals surface area contributed by atoms with E-state index < -0.39 is 5.82 Å². The molecule has 0 atom stereocenters. The van der Waals surface area contributed by atoms with Gasteiger partial charge in [-0.3, -0.25) is 0 Å². The Morgan fingerprint density at radius 1 is 1.24 bits per heavy atom. The molecule has 2 aromatic carbocycles. The summed E-state index contributed by atoms with van der Waals surface area (Å²) in [5.74, 6) is -0.421. The average Bonchev–Trinajstić information content (AvgIpc) is 2.36. The zero-order valence-electron chi connectivity index (χ0n) is 8.88. The van der Waals surface area contributed by atoms with Crippen LogP contribution in [0.4, 0.5) is 4.39 Å². The fourth-order valence-electron chi connectivity index (χ4n) is 1.61. The van der Waals surface area contributed by atoms with Crippen molar-refractivity contribution < 1.29 is 4.39 Å². The molecule has 88 valence electrons. The summed E-state index contributed by atoms with van der Waals surface area (Å²) >= 11 is 9.05. The number of halogens is 3. The lowest BCUT2D eigenvalue weighted by atomic mass is 10.0. The fourth-order valence-corrected chi connectivity index (χ4v) is 2.09. The summed E-state index contributed by atoms with van der Waals surface area (Å²) in [7, 11) is 0. The lowest BCUT2D eigenvalue weighted by Crippen LogP contribution is -1.96. The molecule has 0 fully saturated rings. The van der Waals surface area contributed by atoms with Crippen molar-refractivity contribution >= 4 is 27.5 Å². The zero-order chi connectivity index (χ0) is 12.4. The molecule has 17 heavy (non-hydrogen) atoms. The first-order valence-corrected chi connectivity index (χ1v) is 6.23. The molecule has 0 aliphatic carbocycles. The van der Waals surface area contributed by atoms with Crippen molar-refractivity contribution in [3.63, 3.8) is 0 Å². The van der Waals surface area contributed by atoms with Gasteiger partial charge < -0.3 is 5.73 Å². The molecule has 0 saturated heterocycles. The van der Waals surface area contributed by atoms with Crippen molar-refractivity contribution in [2.45, 2.75) is 6.54 Å². The SMILES string of the molecule is NCc1cccc(-c2ccc(Br)c(Cl)c2F)c1. The monoisotopic (exact) mass is 313 g/mol. The van der Waals surface area contributed by atoms with Gasteiger partial charge in [0.25, 0.3) is 0 Å². The molecule has 0 radical (unpaired) electrons. The first kappa shape index (κ1) is 12.6. The van der Waals surface area contributed by atoms with Crippen molar-refractivity contribution in [1.82, 2.24) is 0 Å². The topological polar surface area (TPSA) is 26.0 Å². The van der Waals surface area contributed by atoms with E-state index >= 15 is 0 Å². The lowest BCUT2D eigenvalue weighted by Gasteiger charge is -2.07. The van der Waals surface area contributed by atoms with Crippen LogP contribution in [0.2, 0.25) is 5.02 Å². The third-order valence-electron chi connectivity index (χ3n) is 2.51. The summed E-state index contributed by atoms with van der Waals surface area (Å²) in [4.78, 5) is 0. The Kier molecular flexibility index (Phi) is 3.82. The average molecular weight is 315 g/mol. The van der Waals surface area contributed by atoms with Gasteiger partial charge in [0, 0.05) is 16.6 Å². The van der Waals surface area contributed by atoms with E-state index in [0.717, 1.165) is 11.1 Å². The highest BCUT2D eigenvalue weighted by atomic mass is 79.9. The molecule has 2 N–H and O–H groups in total. The molecular weight excluding hydrogens is 305 g/mol. The molecule has 0 saturated carbocycles. The van der Waals surface area contributed by atoms with Gasteiger partial charge in [-0.25, -0.2) is 4.39 Å². The molecule has 1 nitrogen and oxygen atoms in total. The van der Waals surface area contributed by atoms with Crippen molar-refractivity contribution in [3.8, 4) is 11.1 Å². The van der Waals surface area contributed by atoms with Crippen LogP contribution in [0.1, 0.15) is 5.56 Å². The first-order valence-electron chi connectivity index (χ1n) is 5.06. The van der Waals surface area contributed by atoms with Crippen LogP contribution >= 0.6 is 27.5 Å². The Hall–Kier alpha value is -0.900. The van der Waals surface area contributed by atoms with Crippen LogP contribution in [0.5, 0.6) is 0 Å². The van der Waals surface area contributed by atoms with Crippen molar-refractivity contribution in [2.75, 3.05) is 0 Å². The molecule has 2 aromatic rings. The van der Waals surface area contributed by atoms with Gasteiger partial charge in [0.2, 0.25) is 0 Å². The maximum Gasteiger partial charge on any atom is 0.150 e.